The van der Waals surface area contributed by atoms with Crippen molar-refractivity contribution in [3.63, 3.8) is 0 Å². The average Bonchev–Trinajstić information content (AvgIpc) is 2.53. The van der Waals surface area contributed by atoms with E-state index in [-0.39, 0.29) is 0 Å². The van der Waals surface area contributed by atoms with Crippen LogP contribution in [0.4, 0.5) is 0 Å². The van der Waals surface area contributed by atoms with Crippen LogP contribution in [0.15, 0.2) is 0 Å². The smallest absolute Gasteiger partial charge is 0.0362 e. The van der Waals surface area contributed by atoms with Gasteiger partial charge in [0.25, 0.3) is 0 Å². The largest absolute Gasteiger partial charge is 0.299 e. The maximum atomic E-state index is 2.61. The van der Waals surface area contributed by atoms with Crippen molar-refractivity contribution in [2.24, 2.45) is 5.92 Å². The fourth-order valence-electron chi connectivity index (χ4n) is 2.36. The van der Waals surface area contributed by atoms with Crippen LogP contribution in [0.2, 0.25) is 0 Å². The van der Waals surface area contributed by atoms with Crippen molar-refractivity contribution in [2.45, 2.75) is 32.4 Å². The van der Waals surface area contributed by atoms with Gasteiger partial charge in [0.2, 0.25) is 0 Å². The van der Waals surface area contributed by atoms with E-state index < -0.39 is 0 Å². The number of hydrogen-bond acceptors (Lipinski definition) is 2. The zero-order valence-electron chi connectivity index (χ0n) is 7.83. The summed E-state index contributed by atoms with van der Waals surface area (Å²) in [6.07, 6.45) is 1.41. The van der Waals surface area contributed by atoms with Crippen molar-refractivity contribution in [2.75, 3.05) is 19.6 Å². The number of halogens is 1. The fraction of sp³-hybridized carbons (Fsp3) is 1.00. The number of likely N-dealkylation sites (tertiary alicyclic amines) is 1. The van der Waals surface area contributed by atoms with E-state index in [1.54, 1.807) is 0 Å². The van der Waals surface area contributed by atoms with E-state index >= 15 is 0 Å². The zero-order chi connectivity index (χ0) is 8.72. The molecule has 2 saturated heterocycles. The molecule has 0 saturated carbocycles. The second kappa shape index (κ2) is 3.42. The van der Waals surface area contributed by atoms with E-state index in [4.69, 9.17) is 0 Å². The Morgan fingerprint density at radius 1 is 1.33 bits per heavy atom. The molecule has 2 nitrogen and oxygen atoms in total. The van der Waals surface area contributed by atoms with E-state index in [1.165, 1.54) is 26.1 Å². The minimum Gasteiger partial charge on any atom is -0.299 e. The summed E-state index contributed by atoms with van der Waals surface area (Å²) < 4.78 is 2.50. The highest BCUT2D eigenvalue weighted by Gasteiger charge is 2.40. The summed E-state index contributed by atoms with van der Waals surface area (Å²) in [5.74, 6) is 0.962. The third-order valence-electron chi connectivity index (χ3n) is 3.24. The van der Waals surface area contributed by atoms with Gasteiger partial charge in [0.1, 0.15) is 0 Å². The van der Waals surface area contributed by atoms with Crippen LogP contribution in [-0.2, 0) is 0 Å². The molecule has 0 aromatic heterocycles. The van der Waals surface area contributed by atoms with Crippen molar-refractivity contribution >= 4 is 22.9 Å². The molecule has 0 aromatic rings. The van der Waals surface area contributed by atoms with Crippen molar-refractivity contribution < 1.29 is 0 Å². The summed E-state index contributed by atoms with van der Waals surface area (Å²) >= 11 is 2.49. The molecule has 2 unspecified atom stereocenters. The molecule has 2 rings (SSSR count). The Hall–Kier alpha value is 0.650. The highest BCUT2D eigenvalue weighted by Crippen LogP contribution is 2.34. The second-order valence-corrected chi connectivity index (χ2v) is 5.53. The number of hydrogen-bond donors (Lipinski definition) is 0. The Bertz CT molecular complexity index is 172. The molecule has 70 valence electrons. The standard InChI is InChI=1S/C9H17IN2/c1-7(2)11-5-8-3-4-12(10)9(8)6-11/h7-9H,3-6H2,1-2H3. The van der Waals surface area contributed by atoms with Crippen LogP contribution >= 0.6 is 22.9 Å². The van der Waals surface area contributed by atoms with Gasteiger partial charge < -0.3 is 0 Å². The predicted molar refractivity (Wildman–Crippen MR) is 59.3 cm³/mol. The zero-order valence-corrected chi connectivity index (χ0v) is 9.99. The first-order chi connectivity index (χ1) is 5.68. The lowest BCUT2D eigenvalue weighted by Gasteiger charge is -2.22. The molecule has 0 aliphatic carbocycles. The summed E-state index contributed by atoms with van der Waals surface area (Å²) in [6, 6.07) is 1.59. The van der Waals surface area contributed by atoms with Crippen LogP contribution in [0.1, 0.15) is 20.3 Å². The molecular formula is C9H17IN2. The van der Waals surface area contributed by atoms with Gasteiger partial charge >= 0.3 is 0 Å². The minimum absolute atomic E-state index is 0.736. The van der Waals surface area contributed by atoms with Crippen LogP contribution < -0.4 is 0 Å². The molecule has 2 atom stereocenters. The van der Waals surface area contributed by atoms with E-state index in [2.05, 4.69) is 44.7 Å². The van der Waals surface area contributed by atoms with E-state index in [9.17, 15) is 0 Å². The molecular weight excluding hydrogens is 263 g/mol. The van der Waals surface area contributed by atoms with Gasteiger partial charge in [-0.2, -0.15) is 0 Å². The topological polar surface area (TPSA) is 6.48 Å². The third-order valence-corrected chi connectivity index (χ3v) is 4.44. The Balaban J connectivity index is 1.98. The summed E-state index contributed by atoms with van der Waals surface area (Å²) in [4.78, 5) is 2.61. The molecule has 12 heavy (non-hydrogen) atoms. The van der Waals surface area contributed by atoms with Crippen molar-refractivity contribution in [1.82, 2.24) is 8.01 Å². The molecule has 2 heterocycles. The summed E-state index contributed by atoms with van der Waals surface area (Å²) in [5.41, 5.74) is 0. The van der Waals surface area contributed by atoms with Crippen LogP contribution in [0.5, 0.6) is 0 Å². The maximum absolute atomic E-state index is 2.61. The Kier molecular flexibility index (Phi) is 2.63. The van der Waals surface area contributed by atoms with Gasteiger partial charge in [-0.3, -0.25) is 4.90 Å². The quantitative estimate of drug-likeness (QED) is 0.533. The molecule has 0 radical (unpaired) electrons. The molecule has 2 fully saturated rings. The normalized spacial score (nSPS) is 38.0. The van der Waals surface area contributed by atoms with E-state index in [0.717, 1.165) is 18.0 Å². The molecule has 3 heteroatoms. The minimum atomic E-state index is 0.736. The third kappa shape index (κ3) is 1.51. The van der Waals surface area contributed by atoms with Gasteiger partial charge in [0.15, 0.2) is 0 Å². The Morgan fingerprint density at radius 2 is 2.08 bits per heavy atom. The first-order valence-electron chi connectivity index (χ1n) is 4.85. The number of nitrogens with zero attached hydrogens (tertiary/aromatic N) is 2. The number of rotatable bonds is 1. The molecule has 2 aliphatic heterocycles. The SMILES string of the molecule is CC(C)N1CC2CCN(I)C2C1. The van der Waals surface area contributed by atoms with Gasteiger partial charge in [0.05, 0.1) is 0 Å². The first kappa shape index (κ1) is 9.21. The van der Waals surface area contributed by atoms with Gasteiger partial charge in [-0.1, -0.05) is 0 Å². The highest BCUT2D eigenvalue weighted by molar-refractivity contribution is 14.1. The van der Waals surface area contributed by atoms with Crippen LogP contribution in [-0.4, -0.2) is 39.7 Å². The van der Waals surface area contributed by atoms with Crippen molar-refractivity contribution in [1.29, 1.82) is 0 Å². The van der Waals surface area contributed by atoms with E-state index in [1.807, 2.05) is 0 Å². The monoisotopic (exact) mass is 280 g/mol. The molecule has 0 aromatic carbocycles. The van der Waals surface area contributed by atoms with Gasteiger partial charge in [0, 0.05) is 54.6 Å². The van der Waals surface area contributed by atoms with Gasteiger partial charge in [-0.15, -0.1) is 0 Å². The first-order valence-corrected chi connectivity index (χ1v) is 5.81. The molecule has 0 spiro atoms. The summed E-state index contributed by atoms with van der Waals surface area (Å²) in [6.45, 7) is 8.55. The average molecular weight is 280 g/mol. The molecule has 0 N–H and O–H groups in total. The lowest BCUT2D eigenvalue weighted by Crippen LogP contribution is -2.32. The van der Waals surface area contributed by atoms with E-state index in [0.29, 0.717) is 0 Å². The molecule has 0 bridgehead atoms. The van der Waals surface area contributed by atoms with Gasteiger partial charge in [-0.25, -0.2) is 3.11 Å². The van der Waals surface area contributed by atoms with Crippen LogP contribution in [0.3, 0.4) is 0 Å². The lowest BCUT2D eigenvalue weighted by atomic mass is 10.1. The van der Waals surface area contributed by atoms with Crippen molar-refractivity contribution in [3.8, 4) is 0 Å². The Labute approximate surface area is 88.8 Å². The molecule has 2 aliphatic rings. The van der Waals surface area contributed by atoms with Gasteiger partial charge in [-0.05, 0) is 26.2 Å². The summed E-state index contributed by atoms with van der Waals surface area (Å²) in [7, 11) is 0. The highest BCUT2D eigenvalue weighted by atomic mass is 127. The number of fused-ring (bicyclic) bond motifs is 1. The maximum Gasteiger partial charge on any atom is 0.0362 e. The fourth-order valence-corrected chi connectivity index (χ4v) is 3.27. The summed E-state index contributed by atoms with van der Waals surface area (Å²) in [5, 5.41) is 0. The lowest BCUT2D eigenvalue weighted by molar-refractivity contribution is 0.250. The van der Waals surface area contributed by atoms with Crippen LogP contribution in [0.25, 0.3) is 0 Å². The van der Waals surface area contributed by atoms with Crippen molar-refractivity contribution in [3.05, 3.63) is 0 Å². The molecule has 0 amide bonds. The predicted octanol–water partition coefficient (Wildman–Crippen LogP) is 1.75. The van der Waals surface area contributed by atoms with Crippen LogP contribution in [0, 0.1) is 5.92 Å². The Morgan fingerprint density at radius 3 is 2.67 bits per heavy atom. The second-order valence-electron chi connectivity index (χ2n) is 4.29.